The number of nitrogens with zero attached hydrogens (tertiary/aromatic N) is 1. The first-order valence-electron chi connectivity index (χ1n) is 7.42. The van der Waals surface area contributed by atoms with Crippen molar-refractivity contribution >= 4 is 12.0 Å². The summed E-state index contributed by atoms with van der Waals surface area (Å²) in [4.78, 5) is 25.1. The van der Waals surface area contributed by atoms with E-state index in [1.807, 2.05) is 0 Å². The Hall–Kier alpha value is -1.34. The molecule has 0 aromatic rings. The molecule has 0 radical (unpaired) electrons. The van der Waals surface area contributed by atoms with E-state index >= 15 is 0 Å². The second-order valence-electron chi connectivity index (χ2n) is 5.51. The summed E-state index contributed by atoms with van der Waals surface area (Å²) in [7, 11) is 1.54. The normalized spacial score (nSPS) is 17.2. The first-order chi connectivity index (χ1) is 10.1. The molecule has 0 aromatic heterocycles. The second kappa shape index (κ2) is 8.84. The Morgan fingerprint density at radius 2 is 1.90 bits per heavy atom. The van der Waals surface area contributed by atoms with E-state index in [0.29, 0.717) is 26.0 Å². The zero-order chi connectivity index (χ0) is 15.7. The molecule has 1 aliphatic carbocycles. The van der Waals surface area contributed by atoms with Crippen molar-refractivity contribution in [3.63, 3.8) is 0 Å². The number of carbonyl (C=O) groups excluding carboxylic acids is 1. The van der Waals surface area contributed by atoms with Gasteiger partial charge in [-0.1, -0.05) is 19.3 Å². The Morgan fingerprint density at radius 3 is 2.43 bits per heavy atom. The molecule has 0 bridgehead atoms. The van der Waals surface area contributed by atoms with Gasteiger partial charge in [0.05, 0.1) is 18.6 Å². The largest absolute Gasteiger partial charge is 0.481 e. The minimum atomic E-state index is -0.847. The Kier molecular flexibility index (Phi) is 7.45. The van der Waals surface area contributed by atoms with Crippen LogP contribution in [0.2, 0.25) is 0 Å². The van der Waals surface area contributed by atoms with Gasteiger partial charge >= 0.3 is 12.0 Å². The predicted molar refractivity (Wildman–Crippen MR) is 77.1 cm³/mol. The third-order valence-electron chi connectivity index (χ3n) is 4.06. The Bertz CT molecular complexity index is 342. The van der Waals surface area contributed by atoms with Crippen LogP contribution in [0.25, 0.3) is 0 Å². The van der Waals surface area contributed by atoms with Crippen molar-refractivity contribution in [2.24, 2.45) is 5.41 Å². The molecule has 1 aliphatic rings. The third-order valence-corrected chi connectivity index (χ3v) is 4.06. The van der Waals surface area contributed by atoms with Gasteiger partial charge in [-0.3, -0.25) is 4.79 Å². The van der Waals surface area contributed by atoms with Crippen LogP contribution in [-0.2, 0) is 9.53 Å². The van der Waals surface area contributed by atoms with Gasteiger partial charge < -0.3 is 25.2 Å². The first kappa shape index (κ1) is 17.7. The average Bonchev–Trinajstić information content (AvgIpc) is 2.49. The molecule has 7 heteroatoms. The topological polar surface area (TPSA) is 99.1 Å². The van der Waals surface area contributed by atoms with Crippen LogP contribution >= 0.6 is 0 Å². The lowest BCUT2D eigenvalue weighted by molar-refractivity contribution is -0.150. The number of hydrogen-bond acceptors (Lipinski definition) is 4. The van der Waals surface area contributed by atoms with Crippen molar-refractivity contribution in [2.45, 2.75) is 32.1 Å². The fourth-order valence-electron chi connectivity index (χ4n) is 2.69. The van der Waals surface area contributed by atoms with Gasteiger partial charge in [-0.15, -0.1) is 0 Å². The minimum Gasteiger partial charge on any atom is -0.481 e. The Morgan fingerprint density at radius 1 is 1.24 bits per heavy atom. The maximum atomic E-state index is 12.1. The van der Waals surface area contributed by atoms with Crippen LogP contribution in [0, 0.1) is 5.41 Å². The van der Waals surface area contributed by atoms with Gasteiger partial charge in [0.2, 0.25) is 0 Å². The molecule has 0 aliphatic heterocycles. The maximum Gasteiger partial charge on any atom is 0.317 e. The summed E-state index contributed by atoms with van der Waals surface area (Å²) < 4.78 is 4.92. The molecule has 1 saturated carbocycles. The minimum absolute atomic E-state index is 0.135. The van der Waals surface area contributed by atoms with Crippen LogP contribution in [0.5, 0.6) is 0 Å². The molecule has 0 heterocycles. The van der Waals surface area contributed by atoms with E-state index in [9.17, 15) is 14.7 Å². The lowest BCUT2D eigenvalue weighted by Crippen LogP contribution is -2.49. The number of rotatable bonds is 8. The van der Waals surface area contributed by atoms with E-state index in [4.69, 9.17) is 9.84 Å². The van der Waals surface area contributed by atoms with Gasteiger partial charge in [-0.25, -0.2) is 4.79 Å². The lowest BCUT2D eigenvalue weighted by atomic mass is 9.74. The molecule has 7 nitrogen and oxygen atoms in total. The van der Waals surface area contributed by atoms with Gasteiger partial charge in [0.25, 0.3) is 0 Å². The number of carbonyl (C=O) groups is 2. The van der Waals surface area contributed by atoms with E-state index in [0.717, 1.165) is 19.3 Å². The summed E-state index contributed by atoms with van der Waals surface area (Å²) in [6.07, 6.45) is 4.01. The summed E-state index contributed by atoms with van der Waals surface area (Å²) in [5, 5.41) is 21.2. The molecule has 1 rings (SSSR count). The van der Waals surface area contributed by atoms with E-state index in [2.05, 4.69) is 5.32 Å². The highest BCUT2D eigenvalue weighted by atomic mass is 16.5. The average molecular weight is 302 g/mol. The summed E-state index contributed by atoms with van der Waals surface area (Å²) in [6, 6.07) is -0.354. The zero-order valence-corrected chi connectivity index (χ0v) is 12.6. The lowest BCUT2D eigenvalue weighted by Gasteiger charge is -2.34. The number of aliphatic carboxylic acids is 1. The van der Waals surface area contributed by atoms with E-state index in [1.165, 1.54) is 12.0 Å². The molecule has 21 heavy (non-hydrogen) atoms. The molecule has 3 N–H and O–H groups in total. The SMILES string of the molecule is COCCN(CCO)C(=O)NCC1(C(=O)O)CCCCC1. The molecule has 0 atom stereocenters. The van der Waals surface area contributed by atoms with Crippen LogP contribution in [0.3, 0.4) is 0 Å². The van der Waals surface area contributed by atoms with Gasteiger partial charge in [-0.2, -0.15) is 0 Å². The number of nitrogens with one attached hydrogen (secondary N) is 1. The van der Waals surface area contributed by atoms with Crippen LogP contribution in [0.1, 0.15) is 32.1 Å². The summed E-state index contributed by atoms with van der Waals surface area (Å²) >= 11 is 0. The molecule has 0 aromatic carbocycles. The van der Waals surface area contributed by atoms with Gasteiger partial charge in [0, 0.05) is 26.7 Å². The van der Waals surface area contributed by atoms with Crippen molar-refractivity contribution in [3.8, 4) is 0 Å². The number of carboxylic acids is 1. The van der Waals surface area contributed by atoms with Crippen LogP contribution in [-0.4, -0.2) is 67.1 Å². The van der Waals surface area contributed by atoms with Gasteiger partial charge in [-0.05, 0) is 12.8 Å². The zero-order valence-electron chi connectivity index (χ0n) is 12.6. The monoisotopic (exact) mass is 302 g/mol. The van der Waals surface area contributed by atoms with Gasteiger partial charge in [0.15, 0.2) is 0 Å². The number of amides is 2. The second-order valence-corrected chi connectivity index (χ2v) is 5.51. The maximum absolute atomic E-state index is 12.1. The van der Waals surface area contributed by atoms with Crippen molar-refractivity contribution < 1.29 is 24.5 Å². The standard InChI is InChI=1S/C14H26N2O5/c1-21-10-8-16(7-9-17)13(20)15-11-14(12(18)19)5-3-2-4-6-14/h17H,2-11H2,1H3,(H,15,20)(H,18,19). The highest BCUT2D eigenvalue weighted by Gasteiger charge is 2.40. The summed E-state index contributed by atoms with van der Waals surface area (Å²) in [6.45, 7) is 0.938. The van der Waals surface area contributed by atoms with Crippen molar-refractivity contribution in [1.29, 1.82) is 0 Å². The van der Waals surface area contributed by atoms with Crippen LogP contribution < -0.4 is 5.32 Å². The fourth-order valence-corrected chi connectivity index (χ4v) is 2.69. The fraction of sp³-hybridized carbons (Fsp3) is 0.857. The number of carboxylic acid groups (broad SMARTS) is 1. The molecule has 0 spiro atoms. The third kappa shape index (κ3) is 5.17. The van der Waals surface area contributed by atoms with Crippen LogP contribution in [0.4, 0.5) is 4.79 Å². The molecular formula is C14H26N2O5. The number of aliphatic hydroxyl groups excluding tert-OH is 1. The highest BCUT2D eigenvalue weighted by molar-refractivity contribution is 5.78. The van der Waals surface area contributed by atoms with E-state index < -0.39 is 11.4 Å². The predicted octanol–water partition coefficient (Wildman–Crippen LogP) is 0.672. The Balaban J connectivity index is 2.56. The number of hydrogen-bond donors (Lipinski definition) is 3. The number of urea groups is 1. The van der Waals surface area contributed by atoms with Crippen LogP contribution in [0.15, 0.2) is 0 Å². The van der Waals surface area contributed by atoms with Gasteiger partial charge in [0.1, 0.15) is 0 Å². The van der Waals surface area contributed by atoms with E-state index in [-0.39, 0.29) is 25.7 Å². The molecule has 0 saturated heterocycles. The Labute approximate surface area is 125 Å². The van der Waals surface area contributed by atoms with Crippen molar-refractivity contribution in [1.82, 2.24) is 10.2 Å². The number of ether oxygens (including phenoxy) is 1. The number of aliphatic hydroxyl groups is 1. The van der Waals surface area contributed by atoms with E-state index in [1.54, 1.807) is 0 Å². The first-order valence-corrected chi connectivity index (χ1v) is 7.42. The number of methoxy groups -OCH3 is 1. The quantitative estimate of drug-likeness (QED) is 0.612. The molecule has 0 unspecified atom stereocenters. The molecule has 1 fully saturated rings. The summed E-state index contributed by atoms with van der Waals surface area (Å²) in [5.74, 6) is -0.840. The molecule has 2 amide bonds. The highest BCUT2D eigenvalue weighted by Crippen LogP contribution is 2.36. The van der Waals surface area contributed by atoms with Crippen molar-refractivity contribution in [3.05, 3.63) is 0 Å². The molecule has 122 valence electrons. The smallest absolute Gasteiger partial charge is 0.317 e. The van der Waals surface area contributed by atoms with Crippen molar-refractivity contribution in [2.75, 3.05) is 40.0 Å². The molecular weight excluding hydrogens is 276 g/mol. The summed E-state index contributed by atoms with van der Waals surface area (Å²) in [5.41, 5.74) is -0.847.